The first-order valence-corrected chi connectivity index (χ1v) is 4.41. The van der Waals surface area contributed by atoms with Crippen molar-refractivity contribution in [3.8, 4) is 5.75 Å². The second-order valence-electron chi connectivity index (χ2n) is 2.88. The van der Waals surface area contributed by atoms with E-state index in [0.717, 1.165) is 6.42 Å². The van der Waals surface area contributed by atoms with Gasteiger partial charge in [0.25, 0.3) is 0 Å². The highest BCUT2D eigenvalue weighted by molar-refractivity contribution is 5.94. The van der Waals surface area contributed by atoms with Crippen LogP contribution in [-0.2, 0) is 4.74 Å². The SMILES string of the molecule is CCCOC(=O)c1cccc(N)c1O. The van der Waals surface area contributed by atoms with Gasteiger partial charge in [0.1, 0.15) is 5.56 Å². The summed E-state index contributed by atoms with van der Waals surface area (Å²) in [5, 5.41) is 9.44. The van der Waals surface area contributed by atoms with Crippen LogP contribution in [0.1, 0.15) is 23.7 Å². The van der Waals surface area contributed by atoms with E-state index in [2.05, 4.69) is 0 Å². The van der Waals surface area contributed by atoms with Crippen LogP contribution in [0.5, 0.6) is 5.75 Å². The number of rotatable bonds is 3. The number of carbonyl (C=O) groups excluding carboxylic acids is 1. The van der Waals surface area contributed by atoms with E-state index in [1.807, 2.05) is 6.92 Å². The zero-order valence-electron chi connectivity index (χ0n) is 7.99. The van der Waals surface area contributed by atoms with Gasteiger partial charge < -0.3 is 15.6 Å². The van der Waals surface area contributed by atoms with Crippen molar-refractivity contribution in [1.29, 1.82) is 0 Å². The lowest BCUT2D eigenvalue weighted by molar-refractivity contribution is 0.0502. The second-order valence-corrected chi connectivity index (χ2v) is 2.88. The Labute approximate surface area is 82.3 Å². The summed E-state index contributed by atoms with van der Waals surface area (Å²) in [6, 6.07) is 4.59. The Morgan fingerprint density at radius 3 is 2.93 bits per heavy atom. The van der Waals surface area contributed by atoms with Gasteiger partial charge in [0, 0.05) is 0 Å². The van der Waals surface area contributed by atoms with Gasteiger partial charge in [-0.15, -0.1) is 0 Å². The van der Waals surface area contributed by atoms with Crippen molar-refractivity contribution in [2.24, 2.45) is 0 Å². The zero-order chi connectivity index (χ0) is 10.6. The summed E-state index contributed by atoms with van der Waals surface area (Å²) in [4.78, 5) is 11.3. The van der Waals surface area contributed by atoms with Crippen LogP contribution in [-0.4, -0.2) is 17.7 Å². The van der Waals surface area contributed by atoms with Gasteiger partial charge in [-0.25, -0.2) is 4.79 Å². The molecule has 0 aliphatic carbocycles. The standard InChI is InChI=1S/C10H13NO3/c1-2-6-14-10(13)7-4-3-5-8(11)9(7)12/h3-5,12H,2,6,11H2,1H3. The number of anilines is 1. The van der Waals surface area contributed by atoms with E-state index >= 15 is 0 Å². The molecular formula is C10H13NO3. The Morgan fingerprint density at radius 1 is 1.57 bits per heavy atom. The number of para-hydroxylation sites is 1. The van der Waals surface area contributed by atoms with Gasteiger partial charge in [0.15, 0.2) is 5.75 Å². The fraction of sp³-hybridized carbons (Fsp3) is 0.300. The molecule has 0 saturated heterocycles. The summed E-state index contributed by atoms with van der Waals surface area (Å²) in [5.74, 6) is -0.759. The minimum Gasteiger partial charge on any atom is -0.505 e. The van der Waals surface area contributed by atoms with Crippen molar-refractivity contribution in [3.05, 3.63) is 23.8 Å². The van der Waals surface area contributed by atoms with Crippen molar-refractivity contribution in [3.63, 3.8) is 0 Å². The number of benzene rings is 1. The van der Waals surface area contributed by atoms with Crippen LogP contribution in [0.25, 0.3) is 0 Å². The second kappa shape index (κ2) is 4.50. The minimum absolute atomic E-state index is 0.110. The Balaban J connectivity index is 2.84. The molecule has 4 nitrogen and oxygen atoms in total. The molecule has 1 aromatic rings. The number of hydrogen-bond donors (Lipinski definition) is 2. The van der Waals surface area contributed by atoms with Crippen LogP contribution >= 0.6 is 0 Å². The smallest absolute Gasteiger partial charge is 0.341 e. The lowest BCUT2D eigenvalue weighted by Gasteiger charge is -2.06. The normalized spacial score (nSPS) is 9.79. The van der Waals surface area contributed by atoms with Crippen LogP contribution in [0.15, 0.2) is 18.2 Å². The van der Waals surface area contributed by atoms with E-state index in [0.29, 0.717) is 6.61 Å². The maximum atomic E-state index is 11.3. The first-order chi connectivity index (χ1) is 6.66. The number of nitrogens with two attached hydrogens (primary N) is 1. The molecule has 0 aliphatic heterocycles. The van der Waals surface area contributed by atoms with Crippen molar-refractivity contribution in [1.82, 2.24) is 0 Å². The third kappa shape index (κ3) is 2.16. The van der Waals surface area contributed by atoms with Gasteiger partial charge in [0.2, 0.25) is 0 Å². The van der Waals surface area contributed by atoms with Gasteiger partial charge in [0.05, 0.1) is 12.3 Å². The Kier molecular flexibility index (Phi) is 3.34. The van der Waals surface area contributed by atoms with Gasteiger partial charge in [-0.3, -0.25) is 0 Å². The van der Waals surface area contributed by atoms with Gasteiger partial charge >= 0.3 is 5.97 Å². The van der Waals surface area contributed by atoms with Crippen molar-refractivity contribution in [2.45, 2.75) is 13.3 Å². The Hall–Kier alpha value is -1.71. The molecule has 0 amide bonds. The number of aromatic hydroxyl groups is 1. The predicted octanol–water partition coefficient (Wildman–Crippen LogP) is 1.54. The predicted molar refractivity (Wildman–Crippen MR) is 53.1 cm³/mol. The quantitative estimate of drug-likeness (QED) is 0.436. The van der Waals surface area contributed by atoms with E-state index in [-0.39, 0.29) is 17.0 Å². The zero-order valence-corrected chi connectivity index (χ0v) is 7.99. The molecule has 76 valence electrons. The molecule has 3 N–H and O–H groups in total. The van der Waals surface area contributed by atoms with E-state index in [4.69, 9.17) is 10.5 Å². The molecule has 1 rings (SSSR count). The van der Waals surface area contributed by atoms with E-state index in [1.165, 1.54) is 12.1 Å². The lowest BCUT2D eigenvalue weighted by atomic mass is 10.2. The van der Waals surface area contributed by atoms with Gasteiger partial charge in [-0.05, 0) is 18.6 Å². The van der Waals surface area contributed by atoms with Crippen LogP contribution in [0.2, 0.25) is 0 Å². The molecule has 0 aliphatic rings. The summed E-state index contributed by atoms with van der Waals surface area (Å²) in [6.07, 6.45) is 0.745. The lowest BCUT2D eigenvalue weighted by Crippen LogP contribution is -2.06. The average molecular weight is 195 g/mol. The molecule has 0 spiro atoms. The number of nitrogen functional groups attached to an aromatic ring is 1. The minimum atomic E-state index is -0.545. The fourth-order valence-corrected chi connectivity index (χ4v) is 0.999. The summed E-state index contributed by atoms with van der Waals surface area (Å²) in [6.45, 7) is 2.24. The maximum absolute atomic E-state index is 11.3. The summed E-state index contributed by atoms with van der Waals surface area (Å²) in [5.41, 5.74) is 5.72. The summed E-state index contributed by atoms with van der Waals surface area (Å²) < 4.78 is 4.86. The molecule has 0 saturated carbocycles. The molecule has 0 atom stereocenters. The topological polar surface area (TPSA) is 72.5 Å². The molecule has 14 heavy (non-hydrogen) atoms. The third-order valence-corrected chi connectivity index (χ3v) is 1.72. The highest BCUT2D eigenvalue weighted by Gasteiger charge is 2.13. The number of phenols is 1. The van der Waals surface area contributed by atoms with Crippen molar-refractivity contribution in [2.75, 3.05) is 12.3 Å². The monoisotopic (exact) mass is 195 g/mol. The average Bonchev–Trinajstić information content (AvgIpc) is 2.18. The summed E-state index contributed by atoms with van der Waals surface area (Å²) >= 11 is 0. The molecule has 4 heteroatoms. The van der Waals surface area contributed by atoms with Crippen LogP contribution < -0.4 is 5.73 Å². The largest absolute Gasteiger partial charge is 0.505 e. The van der Waals surface area contributed by atoms with Crippen molar-refractivity contribution < 1.29 is 14.6 Å². The fourth-order valence-electron chi connectivity index (χ4n) is 0.999. The third-order valence-electron chi connectivity index (χ3n) is 1.72. The number of hydrogen-bond acceptors (Lipinski definition) is 4. The molecule has 0 aromatic heterocycles. The molecule has 0 radical (unpaired) electrons. The number of ether oxygens (including phenoxy) is 1. The number of esters is 1. The highest BCUT2D eigenvalue weighted by Crippen LogP contribution is 2.24. The first-order valence-electron chi connectivity index (χ1n) is 4.41. The number of phenolic OH excluding ortho intramolecular Hbond substituents is 1. The molecule has 0 fully saturated rings. The Morgan fingerprint density at radius 2 is 2.29 bits per heavy atom. The molecular weight excluding hydrogens is 182 g/mol. The Bertz CT molecular complexity index is 336. The van der Waals surface area contributed by atoms with Gasteiger partial charge in [-0.1, -0.05) is 13.0 Å². The van der Waals surface area contributed by atoms with E-state index in [1.54, 1.807) is 6.07 Å². The van der Waals surface area contributed by atoms with Crippen LogP contribution in [0.4, 0.5) is 5.69 Å². The first kappa shape index (κ1) is 10.4. The van der Waals surface area contributed by atoms with E-state index < -0.39 is 5.97 Å². The van der Waals surface area contributed by atoms with E-state index in [9.17, 15) is 9.90 Å². The number of carbonyl (C=O) groups is 1. The van der Waals surface area contributed by atoms with Crippen LogP contribution in [0, 0.1) is 0 Å². The molecule has 0 heterocycles. The highest BCUT2D eigenvalue weighted by atomic mass is 16.5. The molecule has 0 bridgehead atoms. The van der Waals surface area contributed by atoms with Gasteiger partial charge in [-0.2, -0.15) is 0 Å². The molecule has 1 aromatic carbocycles. The maximum Gasteiger partial charge on any atom is 0.341 e. The molecule has 0 unspecified atom stereocenters. The van der Waals surface area contributed by atoms with Crippen molar-refractivity contribution >= 4 is 11.7 Å². The summed E-state index contributed by atoms with van der Waals surface area (Å²) in [7, 11) is 0. The van der Waals surface area contributed by atoms with Crippen LogP contribution in [0.3, 0.4) is 0 Å².